The predicted molar refractivity (Wildman–Crippen MR) is 29.1 cm³/mol. The molecule has 0 unspecified atom stereocenters. The summed E-state index contributed by atoms with van der Waals surface area (Å²) in [6.45, 7) is 0. The molecule has 0 aromatic heterocycles. The van der Waals surface area contributed by atoms with E-state index in [1.807, 2.05) is 0 Å². The summed E-state index contributed by atoms with van der Waals surface area (Å²) in [6.07, 6.45) is -19.5. The molecule has 0 heterocycles. The van der Waals surface area contributed by atoms with E-state index in [4.69, 9.17) is 0 Å². The lowest BCUT2D eigenvalue weighted by Gasteiger charge is -2.25. The highest BCUT2D eigenvalue weighted by atomic mass is 19.4. The van der Waals surface area contributed by atoms with E-state index in [0.717, 1.165) is 0 Å². The molecule has 0 aliphatic carbocycles. The zero-order valence-corrected chi connectivity index (χ0v) is 6.50. The fourth-order valence-corrected chi connectivity index (χ4v) is 0.472. The van der Waals surface area contributed by atoms with Crippen molar-refractivity contribution in [3.63, 3.8) is 0 Å². The summed E-state index contributed by atoms with van der Waals surface area (Å²) in [6, 6.07) is 0. The Morgan fingerprint density at radius 2 is 1.00 bits per heavy atom. The fourth-order valence-electron chi connectivity index (χ4n) is 0.472. The summed E-state index contributed by atoms with van der Waals surface area (Å²) in [5.74, 6) is 0. The van der Waals surface area contributed by atoms with E-state index in [-0.39, 0.29) is 0 Å². The van der Waals surface area contributed by atoms with E-state index in [1.165, 1.54) is 0 Å². The lowest BCUT2D eigenvalue weighted by Crippen LogP contribution is -2.44. The van der Waals surface area contributed by atoms with Crippen molar-refractivity contribution in [1.82, 2.24) is 4.90 Å². The van der Waals surface area contributed by atoms with Crippen LogP contribution in [0.25, 0.3) is 0 Å². The molecular formula is C5H2F9N. The van der Waals surface area contributed by atoms with Gasteiger partial charge in [0, 0.05) is 12.3 Å². The predicted octanol–water partition coefficient (Wildman–Crippen LogP) is 3.40. The molecule has 0 saturated carbocycles. The Labute approximate surface area is 76.8 Å². The van der Waals surface area contributed by atoms with Gasteiger partial charge in [-0.25, -0.2) is 4.90 Å². The Balaban J connectivity index is 4.94. The van der Waals surface area contributed by atoms with Crippen LogP contribution in [0.5, 0.6) is 0 Å². The second-order valence-corrected chi connectivity index (χ2v) is 2.16. The van der Waals surface area contributed by atoms with Crippen LogP contribution in [0.1, 0.15) is 0 Å². The highest BCUT2D eigenvalue weighted by Crippen LogP contribution is 2.34. The second kappa shape index (κ2) is 3.81. The first-order chi connectivity index (χ1) is 6.34. The Morgan fingerprint density at radius 3 is 1.20 bits per heavy atom. The molecule has 0 N–H and O–H groups in total. The monoisotopic (exact) mass is 247 g/mol. The molecular weight excluding hydrogens is 245 g/mol. The molecule has 0 spiro atoms. The van der Waals surface area contributed by atoms with Crippen LogP contribution in [0.15, 0.2) is 12.3 Å². The maximum absolute atomic E-state index is 11.6. The van der Waals surface area contributed by atoms with Gasteiger partial charge in [-0.3, -0.25) is 0 Å². The topological polar surface area (TPSA) is 3.24 Å². The maximum atomic E-state index is 11.6. The molecule has 0 aromatic rings. The van der Waals surface area contributed by atoms with Gasteiger partial charge in [0.05, 0.1) is 0 Å². The minimum absolute atomic E-state index is 1.12. The average molecular weight is 247 g/mol. The van der Waals surface area contributed by atoms with Crippen molar-refractivity contribution >= 4 is 0 Å². The standard InChI is InChI=1S/C5H2F9N/c6-3(7,8)1-2-15(4(9,10)11)5(12,13)14/h1-2H/b2-1-. The fraction of sp³-hybridized carbons (Fsp3) is 0.600. The molecule has 0 aliphatic heterocycles. The van der Waals surface area contributed by atoms with Gasteiger partial charge in [0.25, 0.3) is 0 Å². The first-order valence-electron chi connectivity index (χ1n) is 3.03. The molecule has 0 aliphatic rings. The van der Waals surface area contributed by atoms with Gasteiger partial charge in [-0.2, -0.15) is 13.2 Å². The summed E-state index contributed by atoms with van der Waals surface area (Å²) in [5, 5.41) is 0. The van der Waals surface area contributed by atoms with Crippen molar-refractivity contribution < 1.29 is 39.5 Å². The lowest BCUT2D eigenvalue weighted by molar-refractivity contribution is -0.354. The van der Waals surface area contributed by atoms with Gasteiger partial charge in [-0.1, -0.05) is 0 Å². The van der Waals surface area contributed by atoms with E-state index < -0.39 is 36.0 Å². The Kier molecular flexibility index (Phi) is 3.54. The molecule has 0 atom stereocenters. The molecule has 10 heteroatoms. The molecule has 0 fully saturated rings. The summed E-state index contributed by atoms with van der Waals surface area (Å²) in [5.41, 5.74) is 0. The number of hydrogen-bond donors (Lipinski definition) is 0. The van der Waals surface area contributed by atoms with Crippen molar-refractivity contribution in [2.45, 2.75) is 18.8 Å². The number of rotatable bonds is 1. The number of hydrogen-bond acceptors (Lipinski definition) is 1. The van der Waals surface area contributed by atoms with E-state index >= 15 is 0 Å². The Morgan fingerprint density at radius 1 is 0.667 bits per heavy atom. The number of nitrogens with zero attached hydrogens (tertiary/aromatic N) is 1. The van der Waals surface area contributed by atoms with Crippen molar-refractivity contribution in [2.24, 2.45) is 0 Å². The summed E-state index contributed by atoms with van der Waals surface area (Å²) in [7, 11) is 0. The second-order valence-electron chi connectivity index (χ2n) is 2.16. The molecule has 0 rings (SSSR count). The van der Waals surface area contributed by atoms with Crippen LogP contribution < -0.4 is 0 Å². The third kappa shape index (κ3) is 5.37. The molecule has 0 amide bonds. The van der Waals surface area contributed by atoms with Gasteiger partial charge in [-0.15, -0.1) is 26.3 Å². The summed E-state index contributed by atoms with van der Waals surface area (Å²) in [4.78, 5) is -2.30. The van der Waals surface area contributed by atoms with E-state index in [1.54, 1.807) is 0 Å². The van der Waals surface area contributed by atoms with Gasteiger partial charge in [0.2, 0.25) is 0 Å². The number of allylic oxidation sites excluding steroid dienone is 1. The van der Waals surface area contributed by atoms with Gasteiger partial charge in [-0.05, 0) is 0 Å². The van der Waals surface area contributed by atoms with Crippen molar-refractivity contribution in [1.29, 1.82) is 0 Å². The van der Waals surface area contributed by atoms with Crippen molar-refractivity contribution in [3.05, 3.63) is 12.3 Å². The van der Waals surface area contributed by atoms with Crippen molar-refractivity contribution in [2.75, 3.05) is 0 Å². The van der Waals surface area contributed by atoms with Crippen LogP contribution in [-0.2, 0) is 0 Å². The molecule has 1 nitrogen and oxygen atoms in total. The third-order valence-corrected chi connectivity index (χ3v) is 0.959. The van der Waals surface area contributed by atoms with Crippen LogP contribution in [0.2, 0.25) is 0 Å². The molecule has 0 aromatic carbocycles. The smallest absolute Gasteiger partial charge is 0.200 e. The Hall–Kier alpha value is -1.09. The van der Waals surface area contributed by atoms with Gasteiger partial charge >= 0.3 is 18.8 Å². The van der Waals surface area contributed by atoms with E-state index in [0.29, 0.717) is 0 Å². The molecule has 90 valence electrons. The number of alkyl halides is 9. The normalized spacial score (nSPS) is 14.7. The minimum atomic E-state index is -5.96. The van der Waals surface area contributed by atoms with Gasteiger partial charge < -0.3 is 0 Å². The SMILES string of the molecule is FC(F)(F)/C=C\N(C(F)(F)F)C(F)(F)F. The average Bonchev–Trinajstić information content (AvgIpc) is 1.75. The third-order valence-electron chi connectivity index (χ3n) is 0.959. The van der Waals surface area contributed by atoms with E-state index in [2.05, 4.69) is 0 Å². The quantitative estimate of drug-likeness (QED) is 0.507. The zero-order chi connectivity index (χ0) is 12.5. The molecule has 0 radical (unpaired) electrons. The van der Waals surface area contributed by atoms with Crippen LogP contribution in [0.3, 0.4) is 0 Å². The minimum Gasteiger partial charge on any atom is -0.200 e. The summed E-state index contributed by atoms with van der Waals surface area (Å²) >= 11 is 0. The van der Waals surface area contributed by atoms with E-state index in [9.17, 15) is 39.5 Å². The zero-order valence-electron chi connectivity index (χ0n) is 6.50. The van der Waals surface area contributed by atoms with Crippen molar-refractivity contribution in [3.8, 4) is 0 Å². The number of halogens is 9. The van der Waals surface area contributed by atoms with Crippen LogP contribution in [0, 0.1) is 0 Å². The summed E-state index contributed by atoms with van der Waals surface area (Å²) < 4.78 is 104. The Bertz CT molecular complexity index is 216. The van der Waals surface area contributed by atoms with Gasteiger partial charge in [0.15, 0.2) is 0 Å². The van der Waals surface area contributed by atoms with Crippen LogP contribution in [0.4, 0.5) is 39.5 Å². The molecule has 0 saturated heterocycles. The van der Waals surface area contributed by atoms with Gasteiger partial charge in [0.1, 0.15) is 0 Å². The maximum Gasteiger partial charge on any atom is 0.491 e. The molecule has 0 bridgehead atoms. The first kappa shape index (κ1) is 13.9. The highest BCUT2D eigenvalue weighted by Gasteiger charge is 2.52. The largest absolute Gasteiger partial charge is 0.491 e. The highest BCUT2D eigenvalue weighted by molar-refractivity contribution is 4.90. The first-order valence-corrected chi connectivity index (χ1v) is 3.03. The lowest BCUT2D eigenvalue weighted by atomic mass is 10.5. The van der Waals surface area contributed by atoms with Crippen LogP contribution in [-0.4, -0.2) is 23.7 Å². The molecule has 15 heavy (non-hydrogen) atoms. The van der Waals surface area contributed by atoms with Crippen LogP contribution >= 0.6 is 0 Å².